The summed E-state index contributed by atoms with van der Waals surface area (Å²) in [7, 11) is -3.44. The van der Waals surface area contributed by atoms with Crippen molar-refractivity contribution in [1.29, 1.82) is 0 Å². The molecule has 1 heterocycles. The molecule has 2 atom stereocenters. The number of alkyl halides is 1. The molecule has 1 aliphatic rings. The van der Waals surface area contributed by atoms with Crippen LogP contribution in [-0.4, -0.2) is 36.3 Å². The largest absolute Gasteiger partial charge is 0.243 e. The van der Waals surface area contributed by atoms with E-state index in [1.165, 1.54) is 0 Å². The van der Waals surface area contributed by atoms with Crippen molar-refractivity contribution in [2.24, 2.45) is 0 Å². The lowest BCUT2D eigenvalue weighted by Gasteiger charge is -2.34. The molecule has 0 spiro atoms. The molecular formula is C15H22ClNO2S2. The molecule has 118 valence electrons. The van der Waals surface area contributed by atoms with Gasteiger partial charge in [0.1, 0.15) is 0 Å². The molecule has 3 nitrogen and oxygen atoms in total. The maximum Gasteiger partial charge on any atom is 0.243 e. The minimum atomic E-state index is -3.44. The van der Waals surface area contributed by atoms with E-state index in [-0.39, 0.29) is 0 Å². The summed E-state index contributed by atoms with van der Waals surface area (Å²) in [6, 6.07) is 5.52. The predicted octanol–water partition coefficient (Wildman–Crippen LogP) is 3.50. The number of halogens is 1. The van der Waals surface area contributed by atoms with Gasteiger partial charge in [0.05, 0.1) is 4.90 Å². The van der Waals surface area contributed by atoms with Crippen molar-refractivity contribution >= 4 is 33.4 Å². The third-order valence-corrected chi connectivity index (χ3v) is 7.12. The summed E-state index contributed by atoms with van der Waals surface area (Å²) in [6.45, 7) is 7.29. The Labute approximate surface area is 137 Å². The minimum Gasteiger partial charge on any atom is -0.207 e. The molecule has 0 aliphatic carbocycles. The summed E-state index contributed by atoms with van der Waals surface area (Å²) >= 11 is 7.71. The van der Waals surface area contributed by atoms with E-state index in [0.29, 0.717) is 40.8 Å². The van der Waals surface area contributed by atoms with Gasteiger partial charge in [0.2, 0.25) is 10.0 Å². The van der Waals surface area contributed by atoms with Gasteiger partial charge >= 0.3 is 0 Å². The van der Waals surface area contributed by atoms with Crippen LogP contribution in [0.2, 0.25) is 0 Å². The highest BCUT2D eigenvalue weighted by Crippen LogP contribution is 2.30. The van der Waals surface area contributed by atoms with Gasteiger partial charge < -0.3 is 0 Å². The molecule has 0 aromatic heterocycles. The van der Waals surface area contributed by atoms with Crippen molar-refractivity contribution in [2.45, 2.75) is 48.5 Å². The summed E-state index contributed by atoms with van der Waals surface area (Å²) in [5.41, 5.74) is 1.71. The Morgan fingerprint density at radius 3 is 2.43 bits per heavy atom. The average molecular weight is 348 g/mol. The van der Waals surface area contributed by atoms with E-state index in [1.54, 1.807) is 10.4 Å². The number of hydrogen-bond acceptors (Lipinski definition) is 3. The molecule has 0 N–H and O–H groups in total. The molecule has 0 bridgehead atoms. The predicted molar refractivity (Wildman–Crippen MR) is 90.7 cm³/mol. The molecule has 0 saturated carbocycles. The van der Waals surface area contributed by atoms with Gasteiger partial charge in [-0.05, 0) is 23.6 Å². The number of nitrogens with zero attached hydrogens (tertiary/aromatic N) is 1. The highest BCUT2D eigenvalue weighted by molar-refractivity contribution is 8.00. The number of rotatable bonds is 4. The lowest BCUT2D eigenvalue weighted by molar-refractivity contribution is 0.404. The summed E-state index contributed by atoms with van der Waals surface area (Å²) in [5.74, 6) is 0.329. The van der Waals surface area contributed by atoms with Crippen LogP contribution >= 0.6 is 23.4 Å². The molecule has 0 amide bonds. The van der Waals surface area contributed by atoms with E-state index < -0.39 is 10.0 Å². The molecule has 1 fully saturated rings. The molecule has 0 radical (unpaired) electrons. The summed E-state index contributed by atoms with van der Waals surface area (Å²) in [6.07, 6.45) is 0.699. The van der Waals surface area contributed by atoms with Crippen molar-refractivity contribution in [2.75, 3.05) is 13.1 Å². The van der Waals surface area contributed by atoms with Crippen molar-refractivity contribution in [3.05, 3.63) is 29.3 Å². The monoisotopic (exact) mass is 347 g/mol. The topological polar surface area (TPSA) is 37.4 Å². The standard InChI is InChI=1S/C15H22ClNO2S2/c1-4-14-6-5-13(8-16)7-15(14)21(18,19)17-9-11(2)20-12(3)10-17/h5-7,11-12H,4,8-10H2,1-3H3. The maximum absolute atomic E-state index is 13.0. The molecule has 1 aromatic rings. The third-order valence-electron chi connectivity index (χ3n) is 3.67. The van der Waals surface area contributed by atoms with Gasteiger partial charge in [0, 0.05) is 29.5 Å². The van der Waals surface area contributed by atoms with Gasteiger partial charge in [-0.1, -0.05) is 32.9 Å². The number of hydrogen-bond donors (Lipinski definition) is 0. The van der Waals surface area contributed by atoms with Gasteiger partial charge in [-0.3, -0.25) is 0 Å². The van der Waals surface area contributed by atoms with Crippen LogP contribution in [0.25, 0.3) is 0 Å². The smallest absolute Gasteiger partial charge is 0.207 e. The number of benzene rings is 1. The average Bonchev–Trinajstić information content (AvgIpc) is 2.45. The Bertz CT molecular complexity index is 594. The fourth-order valence-electron chi connectivity index (χ4n) is 2.68. The quantitative estimate of drug-likeness (QED) is 0.782. The van der Waals surface area contributed by atoms with Crippen LogP contribution in [0, 0.1) is 0 Å². The zero-order valence-electron chi connectivity index (χ0n) is 12.7. The van der Waals surface area contributed by atoms with Gasteiger partial charge in [0.25, 0.3) is 0 Å². The van der Waals surface area contributed by atoms with E-state index >= 15 is 0 Å². The van der Waals surface area contributed by atoms with Gasteiger partial charge in [0.15, 0.2) is 0 Å². The van der Waals surface area contributed by atoms with Crippen LogP contribution in [0.1, 0.15) is 31.9 Å². The van der Waals surface area contributed by atoms with Gasteiger partial charge in [-0.15, -0.1) is 11.6 Å². The molecule has 2 rings (SSSR count). The first kappa shape index (κ1) is 17.1. The van der Waals surface area contributed by atoms with Gasteiger partial charge in [-0.2, -0.15) is 16.1 Å². The van der Waals surface area contributed by atoms with Gasteiger partial charge in [-0.25, -0.2) is 8.42 Å². The van der Waals surface area contributed by atoms with Crippen LogP contribution in [0.3, 0.4) is 0 Å². The molecule has 1 saturated heterocycles. The molecule has 21 heavy (non-hydrogen) atoms. The minimum absolute atomic E-state index is 0.324. The number of aryl methyl sites for hydroxylation is 1. The third kappa shape index (κ3) is 3.76. The fourth-order valence-corrected chi connectivity index (χ4v) is 6.32. The normalized spacial score (nSPS) is 24.2. The zero-order chi connectivity index (χ0) is 15.6. The molecule has 1 aromatic carbocycles. The first-order valence-electron chi connectivity index (χ1n) is 7.21. The summed E-state index contributed by atoms with van der Waals surface area (Å²) < 4.78 is 27.6. The van der Waals surface area contributed by atoms with Crippen LogP contribution in [0.4, 0.5) is 0 Å². The van der Waals surface area contributed by atoms with Crippen LogP contribution in [-0.2, 0) is 22.3 Å². The summed E-state index contributed by atoms with van der Waals surface area (Å²) in [5, 5.41) is 0.648. The maximum atomic E-state index is 13.0. The second-order valence-corrected chi connectivity index (χ2v) is 9.56. The number of sulfonamides is 1. The lowest BCUT2D eigenvalue weighted by Crippen LogP contribution is -2.44. The fraction of sp³-hybridized carbons (Fsp3) is 0.600. The van der Waals surface area contributed by atoms with E-state index in [1.807, 2.05) is 30.8 Å². The molecule has 1 aliphatic heterocycles. The van der Waals surface area contributed by atoms with Crippen molar-refractivity contribution in [1.82, 2.24) is 4.31 Å². The van der Waals surface area contributed by atoms with E-state index in [2.05, 4.69) is 13.8 Å². The molecule has 6 heteroatoms. The van der Waals surface area contributed by atoms with E-state index in [0.717, 1.165) is 11.1 Å². The lowest BCUT2D eigenvalue weighted by atomic mass is 10.1. The second kappa shape index (κ2) is 6.90. The molecular weight excluding hydrogens is 326 g/mol. The Morgan fingerprint density at radius 2 is 1.90 bits per heavy atom. The Balaban J connectivity index is 2.43. The van der Waals surface area contributed by atoms with E-state index in [4.69, 9.17) is 11.6 Å². The van der Waals surface area contributed by atoms with Crippen LogP contribution < -0.4 is 0 Å². The first-order chi connectivity index (χ1) is 9.88. The molecule has 2 unspecified atom stereocenters. The highest BCUT2D eigenvalue weighted by atomic mass is 35.5. The van der Waals surface area contributed by atoms with Crippen LogP contribution in [0.5, 0.6) is 0 Å². The first-order valence-corrected chi connectivity index (χ1v) is 10.1. The van der Waals surface area contributed by atoms with Crippen molar-refractivity contribution in [3.63, 3.8) is 0 Å². The second-order valence-electron chi connectivity index (χ2n) is 5.51. The Morgan fingerprint density at radius 1 is 1.29 bits per heavy atom. The van der Waals surface area contributed by atoms with Crippen molar-refractivity contribution in [3.8, 4) is 0 Å². The number of thioether (sulfide) groups is 1. The SMILES string of the molecule is CCc1ccc(CCl)cc1S(=O)(=O)N1CC(C)SC(C)C1. The zero-order valence-corrected chi connectivity index (χ0v) is 15.1. The van der Waals surface area contributed by atoms with E-state index in [9.17, 15) is 8.42 Å². The summed E-state index contributed by atoms with van der Waals surface area (Å²) in [4.78, 5) is 0.425. The Kier molecular flexibility index (Phi) is 5.63. The van der Waals surface area contributed by atoms with Crippen LogP contribution in [0.15, 0.2) is 23.1 Å². The highest BCUT2D eigenvalue weighted by Gasteiger charge is 2.33. The Hall–Kier alpha value is -0.230. The van der Waals surface area contributed by atoms with Crippen molar-refractivity contribution < 1.29 is 8.42 Å².